The number of pyridine rings is 1. The maximum absolute atomic E-state index is 13.6. The summed E-state index contributed by atoms with van der Waals surface area (Å²) in [5, 5.41) is 13.9. The highest BCUT2D eigenvalue weighted by Crippen LogP contribution is 2.32. The van der Waals surface area contributed by atoms with Crippen molar-refractivity contribution in [2.24, 2.45) is 0 Å². The topological polar surface area (TPSA) is 82.9 Å². The lowest BCUT2D eigenvalue weighted by Gasteiger charge is -2.40. The molecule has 0 radical (unpaired) electrons. The molecule has 194 valence electrons. The molecule has 0 aliphatic carbocycles. The largest absolute Gasteiger partial charge is 0.369 e. The summed E-state index contributed by atoms with van der Waals surface area (Å²) < 4.78 is 1.86. The molecule has 1 saturated heterocycles. The number of anilines is 1. The lowest BCUT2D eigenvalue weighted by atomic mass is 9.99. The predicted octanol–water partition coefficient (Wildman–Crippen LogP) is 4.41. The third kappa shape index (κ3) is 4.78. The molecule has 1 aliphatic heterocycles. The Hall–Kier alpha value is -3.52. The molecule has 1 fully saturated rings. The fraction of sp³-hybridized carbons (Fsp3) is 0.448. The first kappa shape index (κ1) is 25.1. The van der Waals surface area contributed by atoms with Crippen molar-refractivity contribution >= 4 is 16.6 Å². The van der Waals surface area contributed by atoms with Crippen molar-refractivity contribution in [3.05, 3.63) is 80.4 Å². The second-order valence-corrected chi connectivity index (χ2v) is 11.4. The number of aromatic nitrogens is 5. The monoisotopic (exact) mass is 499 g/mol. The molecule has 1 N–H and O–H groups in total. The highest BCUT2D eigenvalue weighted by atomic mass is 16.1. The molecule has 4 aromatic rings. The standard InChI is InChI=1S/C29H37N7O/c1-18-8-9-19(2)25(14-18)34-10-12-35(13-11-34)26(27-31-32-33-36(27)29(5,6)7)23-17-22-15-20(3)21(4)16-24(22)30-28(23)37/h8-9,14-17,26H,10-13H2,1-7H3,(H,30,37). The molecule has 1 aliphatic rings. The molecule has 0 spiro atoms. The highest BCUT2D eigenvalue weighted by molar-refractivity contribution is 5.81. The van der Waals surface area contributed by atoms with Gasteiger partial charge in [0.2, 0.25) is 0 Å². The lowest BCUT2D eigenvalue weighted by Crippen LogP contribution is -2.49. The van der Waals surface area contributed by atoms with E-state index in [1.165, 1.54) is 22.4 Å². The molecule has 0 saturated carbocycles. The van der Waals surface area contributed by atoms with E-state index in [1.54, 1.807) is 0 Å². The highest BCUT2D eigenvalue weighted by Gasteiger charge is 2.35. The van der Waals surface area contributed by atoms with Gasteiger partial charge in [-0.1, -0.05) is 12.1 Å². The van der Waals surface area contributed by atoms with Crippen molar-refractivity contribution in [2.75, 3.05) is 31.1 Å². The number of rotatable bonds is 4. The summed E-state index contributed by atoms with van der Waals surface area (Å²) in [6.45, 7) is 18.0. The number of aromatic amines is 1. The molecular formula is C29H37N7O. The van der Waals surface area contributed by atoms with Gasteiger partial charge in [-0.05, 0) is 111 Å². The zero-order valence-corrected chi connectivity index (χ0v) is 23.0. The van der Waals surface area contributed by atoms with Crippen LogP contribution in [0.25, 0.3) is 10.9 Å². The number of H-pyrrole nitrogens is 1. The van der Waals surface area contributed by atoms with Gasteiger partial charge >= 0.3 is 0 Å². The van der Waals surface area contributed by atoms with Gasteiger partial charge in [0.05, 0.1) is 5.54 Å². The fourth-order valence-corrected chi connectivity index (χ4v) is 5.32. The first-order valence-corrected chi connectivity index (χ1v) is 13.0. The van der Waals surface area contributed by atoms with E-state index < -0.39 is 0 Å². The van der Waals surface area contributed by atoms with E-state index >= 15 is 0 Å². The minimum absolute atomic E-state index is 0.0961. The van der Waals surface area contributed by atoms with E-state index in [4.69, 9.17) is 0 Å². The zero-order valence-electron chi connectivity index (χ0n) is 23.0. The molecule has 0 amide bonds. The van der Waals surface area contributed by atoms with Crippen LogP contribution in [-0.2, 0) is 5.54 Å². The first-order valence-electron chi connectivity index (χ1n) is 13.0. The van der Waals surface area contributed by atoms with Crippen molar-refractivity contribution in [3.63, 3.8) is 0 Å². The molecular weight excluding hydrogens is 462 g/mol. The number of piperazine rings is 1. The molecule has 2 aromatic carbocycles. The normalized spacial score (nSPS) is 15.9. The van der Waals surface area contributed by atoms with Crippen molar-refractivity contribution in [1.29, 1.82) is 0 Å². The summed E-state index contributed by atoms with van der Waals surface area (Å²) in [5.74, 6) is 0.696. The second-order valence-electron chi connectivity index (χ2n) is 11.4. The van der Waals surface area contributed by atoms with Crippen LogP contribution in [0.5, 0.6) is 0 Å². The third-order valence-corrected chi connectivity index (χ3v) is 7.54. The smallest absolute Gasteiger partial charge is 0.253 e. The number of nitrogens with one attached hydrogen (secondary N) is 1. The van der Waals surface area contributed by atoms with Crippen LogP contribution in [0.4, 0.5) is 5.69 Å². The second kappa shape index (κ2) is 9.41. The van der Waals surface area contributed by atoms with Crippen LogP contribution < -0.4 is 10.5 Å². The molecule has 1 atom stereocenters. The summed E-state index contributed by atoms with van der Waals surface area (Å²) in [5.41, 5.74) is 7.29. The van der Waals surface area contributed by atoms with Crippen molar-refractivity contribution < 1.29 is 0 Å². The zero-order chi connectivity index (χ0) is 26.5. The van der Waals surface area contributed by atoms with Gasteiger partial charge in [-0.3, -0.25) is 9.69 Å². The van der Waals surface area contributed by atoms with Gasteiger partial charge < -0.3 is 9.88 Å². The van der Waals surface area contributed by atoms with Gasteiger partial charge in [0, 0.05) is 42.9 Å². The maximum atomic E-state index is 13.6. The van der Waals surface area contributed by atoms with E-state index in [9.17, 15) is 4.79 Å². The Morgan fingerprint density at radius 1 is 0.892 bits per heavy atom. The third-order valence-electron chi connectivity index (χ3n) is 7.54. The van der Waals surface area contributed by atoms with Crippen LogP contribution in [0.1, 0.15) is 60.5 Å². The SMILES string of the molecule is Cc1ccc(C)c(N2CCN(C(c3cc4cc(C)c(C)cc4[nH]c3=O)c3nnnn3C(C)(C)C)CC2)c1. The van der Waals surface area contributed by atoms with Crippen LogP contribution >= 0.6 is 0 Å². The number of hydrogen-bond donors (Lipinski definition) is 1. The van der Waals surface area contributed by atoms with Crippen LogP contribution in [-0.4, -0.2) is 56.3 Å². The van der Waals surface area contributed by atoms with Crippen molar-refractivity contribution in [2.45, 2.75) is 60.0 Å². The number of tetrazole rings is 1. The Bertz CT molecular complexity index is 1500. The van der Waals surface area contributed by atoms with Gasteiger partial charge in [0.1, 0.15) is 6.04 Å². The van der Waals surface area contributed by atoms with Gasteiger partial charge in [-0.2, -0.15) is 0 Å². The van der Waals surface area contributed by atoms with Crippen LogP contribution in [0.15, 0.2) is 41.2 Å². The summed E-state index contributed by atoms with van der Waals surface area (Å²) >= 11 is 0. The number of hydrogen-bond acceptors (Lipinski definition) is 6. The first-order chi connectivity index (χ1) is 17.5. The Morgan fingerprint density at radius 3 is 2.30 bits per heavy atom. The van der Waals surface area contributed by atoms with E-state index in [2.05, 4.69) is 103 Å². The quantitative estimate of drug-likeness (QED) is 0.448. The van der Waals surface area contributed by atoms with E-state index in [0.717, 1.165) is 42.6 Å². The summed E-state index contributed by atoms with van der Waals surface area (Å²) in [4.78, 5) is 21.5. The Labute approximate surface area is 218 Å². The van der Waals surface area contributed by atoms with Gasteiger partial charge in [-0.25, -0.2) is 4.68 Å². The Balaban J connectivity index is 1.57. The molecule has 0 bridgehead atoms. The fourth-order valence-electron chi connectivity index (χ4n) is 5.32. The van der Waals surface area contributed by atoms with Gasteiger partial charge in [0.15, 0.2) is 5.82 Å². The number of benzene rings is 2. The number of fused-ring (bicyclic) bond motifs is 1. The van der Waals surface area contributed by atoms with Gasteiger partial charge in [0.25, 0.3) is 5.56 Å². The average molecular weight is 500 g/mol. The average Bonchev–Trinajstić information content (AvgIpc) is 3.33. The Morgan fingerprint density at radius 2 is 1.59 bits per heavy atom. The van der Waals surface area contributed by atoms with E-state index in [1.807, 2.05) is 16.8 Å². The van der Waals surface area contributed by atoms with E-state index in [0.29, 0.717) is 11.4 Å². The van der Waals surface area contributed by atoms with Crippen molar-refractivity contribution in [3.8, 4) is 0 Å². The molecule has 8 heteroatoms. The van der Waals surface area contributed by atoms with Crippen LogP contribution in [0.2, 0.25) is 0 Å². The molecule has 5 rings (SSSR count). The molecule has 37 heavy (non-hydrogen) atoms. The molecule has 3 heterocycles. The Kier molecular flexibility index (Phi) is 6.40. The van der Waals surface area contributed by atoms with E-state index in [-0.39, 0.29) is 17.1 Å². The number of nitrogens with zero attached hydrogens (tertiary/aromatic N) is 6. The van der Waals surface area contributed by atoms with Gasteiger partial charge in [-0.15, -0.1) is 5.10 Å². The predicted molar refractivity (Wildman–Crippen MR) is 148 cm³/mol. The van der Waals surface area contributed by atoms with Crippen LogP contribution in [0.3, 0.4) is 0 Å². The number of aryl methyl sites for hydroxylation is 4. The molecule has 8 nitrogen and oxygen atoms in total. The molecule has 2 aromatic heterocycles. The van der Waals surface area contributed by atoms with Crippen LogP contribution in [0, 0.1) is 27.7 Å². The summed E-state index contributed by atoms with van der Waals surface area (Å²) in [7, 11) is 0. The summed E-state index contributed by atoms with van der Waals surface area (Å²) in [6.07, 6.45) is 0. The summed E-state index contributed by atoms with van der Waals surface area (Å²) in [6, 6.07) is 12.5. The van der Waals surface area contributed by atoms with Crippen molar-refractivity contribution in [1.82, 2.24) is 30.1 Å². The minimum Gasteiger partial charge on any atom is -0.369 e. The lowest BCUT2D eigenvalue weighted by molar-refractivity contribution is 0.190. The molecule has 1 unspecified atom stereocenters. The minimum atomic E-state index is -0.357. The maximum Gasteiger partial charge on any atom is 0.253 e.